The van der Waals surface area contributed by atoms with Gasteiger partial charge in [-0.2, -0.15) is 0 Å². The fourth-order valence-corrected chi connectivity index (χ4v) is 2.49. The summed E-state index contributed by atoms with van der Waals surface area (Å²) in [5, 5.41) is 9.01. The Hall–Kier alpha value is -2.04. The first-order valence-electron chi connectivity index (χ1n) is 6.82. The van der Waals surface area contributed by atoms with Crippen molar-refractivity contribution in [1.29, 1.82) is 0 Å². The second-order valence-electron chi connectivity index (χ2n) is 5.25. The molecule has 1 aliphatic rings. The minimum atomic E-state index is -0.926. The largest absolute Gasteiger partial charge is 0.478 e. The summed E-state index contributed by atoms with van der Waals surface area (Å²) < 4.78 is 0. The normalized spacial score (nSPS) is 14.4. The number of carbonyl (C=O) groups is 2. The number of amides is 1. The Morgan fingerprint density at radius 3 is 2.50 bits per heavy atom. The lowest BCUT2D eigenvalue weighted by Gasteiger charge is -2.23. The van der Waals surface area contributed by atoms with E-state index in [-0.39, 0.29) is 5.91 Å². The van der Waals surface area contributed by atoms with Gasteiger partial charge in [0.15, 0.2) is 0 Å². The van der Waals surface area contributed by atoms with Crippen molar-refractivity contribution in [3.8, 4) is 0 Å². The number of aryl methyl sites for hydroxylation is 1. The predicted octanol–water partition coefficient (Wildman–Crippen LogP) is 1.75. The Morgan fingerprint density at radius 2 is 1.95 bits per heavy atom. The monoisotopic (exact) mass is 276 g/mol. The van der Waals surface area contributed by atoms with Crippen LogP contribution in [0, 0.1) is 6.92 Å². The number of aromatic carboxylic acids is 1. The SMILES string of the molecule is Cc1cc(N(C)CC(=O)N2CCCC2)ccc1C(=O)O. The quantitative estimate of drug-likeness (QED) is 0.910. The Morgan fingerprint density at radius 1 is 1.30 bits per heavy atom. The zero-order valence-corrected chi connectivity index (χ0v) is 11.9. The zero-order valence-electron chi connectivity index (χ0n) is 11.9. The van der Waals surface area contributed by atoms with Crippen LogP contribution in [-0.4, -0.2) is 48.6 Å². The summed E-state index contributed by atoms with van der Waals surface area (Å²) in [5.41, 5.74) is 1.86. The molecule has 0 saturated carbocycles. The van der Waals surface area contributed by atoms with Crippen LogP contribution in [0.1, 0.15) is 28.8 Å². The van der Waals surface area contributed by atoms with Crippen LogP contribution in [0.25, 0.3) is 0 Å². The topological polar surface area (TPSA) is 60.9 Å². The van der Waals surface area contributed by atoms with Gasteiger partial charge in [0, 0.05) is 25.8 Å². The van der Waals surface area contributed by atoms with Crippen molar-refractivity contribution in [3.05, 3.63) is 29.3 Å². The van der Waals surface area contributed by atoms with E-state index in [0.717, 1.165) is 31.6 Å². The van der Waals surface area contributed by atoms with Gasteiger partial charge >= 0.3 is 5.97 Å². The molecule has 1 aromatic carbocycles. The van der Waals surface area contributed by atoms with Gasteiger partial charge in [-0.25, -0.2) is 4.79 Å². The third-order valence-electron chi connectivity index (χ3n) is 3.71. The molecule has 0 aromatic heterocycles. The minimum absolute atomic E-state index is 0.130. The van der Waals surface area contributed by atoms with Gasteiger partial charge in [-0.05, 0) is 43.5 Å². The molecule has 1 amide bonds. The van der Waals surface area contributed by atoms with E-state index >= 15 is 0 Å². The Bertz CT molecular complexity index is 522. The van der Waals surface area contributed by atoms with Crippen LogP contribution in [-0.2, 0) is 4.79 Å². The third kappa shape index (κ3) is 3.10. The molecule has 1 N–H and O–H groups in total. The lowest BCUT2D eigenvalue weighted by atomic mass is 10.1. The van der Waals surface area contributed by atoms with E-state index in [4.69, 9.17) is 5.11 Å². The molecule has 20 heavy (non-hydrogen) atoms. The van der Waals surface area contributed by atoms with Crippen LogP contribution in [0.15, 0.2) is 18.2 Å². The van der Waals surface area contributed by atoms with E-state index in [1.807, 2.05) is 16.8 Å². The second-order valence-corrected chi connectivity index (χ2v) is 5.25. The van der Waals surface area contributed by atoms with Crippen LogP contribution < -0.4 is 4.90 Å². The lowest BCUT2D eigenvalue weighted by molar-refractivity contribution is -0.128. The van der Waals surface area contributed by atoms with Crippen LogP contribution in [0.3, 0.4) is 0 Å². The lowest BCUT2D eigenvalue weighted by Crippen LogP contribution is -2.37. The molecule has 108 valence electrons. The highest BCUT2D eigenvalue weighted by Crippen LogP contribution is 2.19. The molecule has 0 spiro atoms. The van der Waals surface area contributed by atoms with Crippen molar-refractivity contribution in [1.82, 2.24) is 4.90 Å². The number of hydrogen-bond donors (Lipinski definition) is 1. The number of anilines is 1. The fourth-order valence-electron chi connectivity index (χ4n) is 2.49. The summed E-state index contributed by atoms with van der Waals surface area (Å²) >= 11 is 0. The van der Waals surface area contributed by atoms with E-state index in [2.05, 4.69) is 0 Å². The number of nitrogens with zero attached hydrogens (tertiary/aromatic N) is 2. The maximum Gasteiger partial charge on any atom is 0.335 e. The number of likely N-dealkylation sites (tertiary alicyclic amines) is 1. The van der Waals surface area contributed by atoms with E-state index in [1.165, 1.54) is 0 Å². The highest BCUT2D eigenvalue weighted by atomic mass is 16.4. The zero-order chi connectivity index (χ0) is 14.7. The van der Waals surface area contributed by atoms with Gasteiger partial charge in [0.1, 0.15) is 0 Å². The molecule has 0 aliphatic carbocycles. The number of carboxylic acid groups (broad SMARTS) is 1. The average molecular weight is 276 g/mol. The number of likely N-dealkylation sites (N-methyl/N-ethyl adjacent to an activating group) is 1. The second kappa shape index (κ2) is 5.94. The first-order chi connectivity index (χ1) is 9.49. The standard InChI is InChI=1S/C15H20N2O3/c1-11-9-12(5-6-13(11)15(19)20)16(2)10-14(18)17-7-3-4-8-17/h5-6,9H,3-4,7-8,10H2,1-2H3,(H,19,20). The van der Waals surface area contributed by atoms with Gasteiger partial charge in [0.05, 0.1) is 12.1 Å². The summed E-state index contributed by atoms with van der Waals surface area (Å²) in [7, 11) is 1.85. The molecule has 0 atom stereocenters. The van der Waals surface area contributed by atoms with E-state index < -0.39 is 5.97 Å². The molecular formula is C15H20N2O3. The van der Waals surface area contributed by atoms with E-state index in [0.29, 0.717) is 17.7 Å². The molecule has 1 saturated heterocycles. The fraction of sp³-hybridized carbons (Fsp3) is 0.467. The van der Waals surface area contributed by atoms with Gasteiger partial charge in [-0.1, -0.05) is 0 Å². The molecule has 5 nitrogen and oxygen atoms in total. The molecule has 0 radical (unpaired) electrons. The number of rotatable bonds is 4. The van der Waals surface area contributed by atoms with Crippen molar-refractivity contribution in [2.75, 3.05) is 31.6 Å². The third-order valence-corrected chi connectivity index (χ3v) is 3.71. The molecule has 0 bridgehead atoms. The maximum atomic E-state index is 12.1. The maximum absolute atomic E-state index is 12.1. The summed E-state index contributed by atoms with van der Waals surface area (Å²) in [6.45, 7) is 3.79. The molecule has 1 heterocycles. The van der Waals surface area contributed by atoms with Gasteiger partial charge < -0.3 is 14.9 Å². The molecule has 0 unspecified atom stereocenters. The van der Waals surface area contributed by atoms with Gasteiger partial charge in [-0.3, -0.25) is 4.79 Å². The van der Waals surface area contributed by atoms with Crippen molar-refractivity contribution in [3.63, 3.8) is 0 Å². The summed E-state index contributed by atoms with van der Waals surface area (Å²) in [4.78, 5) is 26.8. The molecule has 2 rings (SSSR count). The summed E-state index contributed by atoms with van der Waals surface area (Å²) in [5.74, 6) is -0.796. The Balaban J connectivity index is 2.05. The summed E-state index contributed by atoms with van der Waals surface area (Å²) in [6, 6.07) is 5.14. The Labute approximate surface area is 118 Å². The number of carboxylic acids is 1. The van der Waals surface area contributed by atoms with Crippen molar-refractivity contribution < 1.29 is 14.7 Å². The van der Waals surface area contributed by atoms with Gasteiger partial charge in [0.2, 0.25) is 5.91 Å². The van der Waals surface area contributed by atoms with Crippen molar-refractivity contribution >= 4 is 17.6 Å². The number of hydrogen-bond acceptors (Lipinski definition) is 3. The van der Waals surface area contributed by atoms with Gasteiger partial charge in [-0.15, -0.1) is 0 Å². The first kappa shape index (κ1) is 14.4. The van der Waals surface area contributed by atoms with Crippen LogP contribution in [0.5, 0.6) is 0 Å². The minimum Gasteiger partial charge on any atom is -0.478 e. The average Bonchev–Trinajstić information content (AvgIpc) is 2.91. The molecule has 1 fully saturated rings. The number of benzene rings is 1. The highest BCUT2D eigenvalue weighted by Gasteiger charge is 2.19. The molecule has 1 aromatic rings. The van der Waals surface area contributed by atoms with Crippen LogP contribution in [0.4, 0.5) is 5.69 Å². The van der Waals surface area contributed by atoms with Crippen molar-refractivity contribution in [2.24, 2.45) is 0 Å². The molecule has 1 aliphatic heterocycles. The van der Waals surface area contributed by atoms with Crippen LogP contribution in [0.2, 0.25) is 0 Å². The van der Waals surface area contributed by atoms with Gasteiger partial charge in [0.25, 0.3) is 0 Å². The summed E-state index contributed by atoms with van der Waals surface area (Å²) in [6.07, 6.45) is 2.17. The number of carbonyl (C=O) groups excluding carboxylic acids is 1. The van der Waals surface area contributed by atoms with Crippen molar-refractivity contribution in [2.45, 2.75) is 19.8 Å². The molecular weight excluding hydrogens is 256 g/mol. The predicted molar refractivity (Wildman–Crippen MR) is 77.2 cm³/mol. The first-order valence-corrected chi connectivity index (χ1v) is 6.82. The van der Waals surface area contributed by atoms with E-state index in [9.17, 15) is 9.59 Å². The van der Waals surface area contributed by atoms with Crippen LogP contribution >= 0.6 is 0 Å². The van der Waals surface area contributed by atoms with E-state index in [1.54, 1.807) is 25.1 Å². The highest BCUT2D eigenvalue weighted by molar-refractivity contribution is 5.90. The smallest absolute Gasteiger partial charge is 0.335 e. The Kier molecular flexibility index (Phi) is 4.27. The molecule has 5 heteroatoms.